The molecule has 0 bridgehead atoms. The summed E-state index contributed by atoms with van der Waals surface area (Å²) in [4.78, 5) is 11.5. The second-order valence-electron chi connectivity index (χ2n) is 8.08. The molecule has 1 aliphatic heterocycles. The molecule has 4 aromatic rings. The largest absolute Gasteiger partial charge is 0.395 e. The predicted molar refractivity (Wildman–Crippen MR) is 129 cm³/mol. The molecule has 1 fully saturated rings. The Labute approximate surface area is 194 Å². The van der Waals surface area contributed by atoms with Crippen LogP contribution in [0, 0.1) is 0 Å². The molecule has 1 unspecified atom stereocenters. The van der Waals surface area contributed by atoms with Gasteiger partial charge in [-0.15, -0.1) is 0 Å². The molecule has 2 aromatic heterocycles. The number of nitrogens with one attached hydrogen (secondary N) is 2. The summed E-state index contributed by atoms with van der Waals surface area (Å²) in [5, 5.41) is 27.9. The Bertz CT molecular complexity index is 1260. The van der Waals surface area contributed by atoms with Gasteiger partial charge in [0.05, 0.1) is 27.9 Å². The van der Waals surface area contributed by atoms with E-state index in [9.17, 15) is 5.11 Å². The summed E-state index contributed by atoms with van der Waals surface area (Å²) < 4.78 is 2.99. The number of hydrogen-bond acceptors (Lipinski definition) is 8. The zero-order valence-electron chi connectivity index (χ0n) is 17.6. The average molecular weight is 473 g/mol. The van der Waals surface area contributed by atoms with Gasteiger partial charge in [-0.05, 0) is 48.9 Å². The number of hydrogen-bond donors (Lipinski definition) is 4. The number of benzene rings is 2. The Kier molecular flexibility index (Phi) is 6.02. The van der Waals surface area contributed by atoms with Gasteiger partial charge in [0, 0.05) is 31.2 Å². The lowest BCUT2D eigenvalue weighted by atomic mass is 10.1. The van der Waals surface area contributed by atoms with Gasteiger partial charge in [0.2, 0.25) is 5.95 Å². The van der Waals surface area contributed by atoms with E-state index in [1.807, 2.05) is 48.0 Å². The van der Waals surface area contributed by atoms with Crippen LogP contribution >= 0.6 is 22.9 Å². The SMILES string of the molecule is Cn1c(Nc2nc3ccc(Cl)cc3s2)nc2cc(C(O)N[C@H]3CCN(CCO)C3)ccc21. The highest BCUT2D eigenvalue weighted by molar-refractivity contribution is 7.22. The van der Waals surface area contributed by atoms with Crippen LogP contribution in [-0.4, -0.2) is 61.9 Å². The fraction of sp³-hybridized carbons (Fsp3) is 0.364. The van der Waals surface area contributed by atoms with E-state index in [-0.39, 0.29) is 12.6 Å². The van der Waals surface area contributed by atoms with Gasteiger partial charge in [-0.3, -0.25) is 10.2 Å². The number of halogens is 1. The van der Waals surface area contributed by atoms with Crippen molar-refractivity contribution < 1.29 is 10.2 Å². The third kappa shape index (κ3) is 4.32. The van der Waals surface area contributed by atoms with Crippen LogP contribution in [0.5, 0.6) is 0 Å². The van der Waals surface area contributed by atoms with E-state index in [2.05, 4.69) is 20.5 Å². The standard InChI is InChI=1S/C22H25ClN6O2S/c1-28-18-5-2-13(20(31)24-15-6-7-29(12-15)8-9-30)10-17(18)25-21(28)27-22-26-16-4-3-14(23)11-19(16)32-22/h2-5,10-11,15,20,24,30-31H,6-9,12H2,1H3,(H,25,26,27)/t15-,20?/m0/s1. The number of aromatic nitrogens is 3. The van der Waals surface area contributed by atoms with Crippen LogP contribution in [0.3, 0.4) is 0 Å². The van der Waals surface area contributed by atoms with Crippen molar-refractivity contribution in [3.63, 3.8) is 0 Å². The second-order valence-corrected chi connectivity index (χ2v) is 9.54. The van der Waals surface area contributed by atoms with Crippen molar-refractivity contribution in [2.24, 2.45) is 7.05 Å². The van der Waals surface area contributed by atoms with E-state index < -0.39 is 6.23 Å². The van der Waals surface area contributed by atoms with Crippen LogP contribution in [0.25, 0.3) is 21.3 Å². The van der Waals surface area contributed by atoms with E-state index in [4.69, 9.17) is 21.7 Å². The summed E-state index contributed by atoms with van der Waals surface area (Å²) >= 11 is 7.61. The van der Waals surface area contributed by atoms with E-state index in [1.165, 1.54) is 11.3 Å². The number of aliphatic hydroxyl groups is 2. The van der Waals surface area contributed by atoms with Gasteiger partial charge in [0.15, 0.2) is 5.13 Å². The summed E-state index contributed by atoms with van der Waals surface area (Å²) in [5.74, 6) is 0.681. The first-order valence-corrected chi connectivity index (χ1v) is 11.8. The molecule has 8 nitrogen and oxygen atoms in total. The van der Waals surface area contributed by atoms with Gasteiger partial charge in [-0.2, -0.15) is 0 Å². The van der Waals surface area contributed by atoms with Crippen molar-refractivity contribution >= 4 is 55.3 Å². The summed E-state index contributed by atoms with van der Waals surface area (Å²) in [7, 11) is 1.95. The third-order valence-electron chi connectivity index (χ3n) is 5.87. The molecule has 0 spiro atoms. The molecule has 0 aliphatic carbocycles. The van der Waals surface area contributed by atoms with Gasteiger partial charge < -0.3 is 20.1 Å². The molecular weight excluding hydrogens is 448 g/mol. The van der Waals surface area contributed by atoms with Crippen LogP contribution in [-0.2, 0) is 7.05 Å². The minimum Gasteiger partial charge on any atom is -0.395 e. The van der Waals surface area contributed by atoms with E-state index in [1.54, 1.807) is 0 Å². The van der Waals surface area contributed by atoms with Gasteiger partial charge in [-0.1, -0.05) is 29.0 Å². The maximum absolute atomic E-state index is 10.7. The molecule has 2 atom stereocenters. The number of nitrogens with zero attached hydrogens (tertiary/aromatic N) is 4. The monoisotopic (exact) mass is 472 g/mol. The van der Waals surface area contributed by atoms with Gasteiger partial charge in [0.25, 0.3) is 0 Å². The lowest BCUT2D eigenvalue weighted by Gasteiger charge is -2.19. The highest BCUT2D eigenvalue weighted by Crippen LogP contribution is 2.31. The molecule has 1 aliphatic rings. The minimum atomic E-state index is -0.772. The Morgan fingerprint density at radius 2 is 2.09 bits per heavy atom. The number of β-amino-alcohol motifs (C(OH)–C–C–N with tert-alkyl or cyclic N) is 1. The Balaban J connectivity index is 1.33. The van der Waals surface area contributed by atoms with Crippen LogP contribution in [0.2, 0.25) is 5.02 Å². The zero-order chi connectivity index (χ0) is 22.2. The second kappa shape index (κ2) is 8.93. The van der Waals surface area contributed by atoms with Crippen molar-refractivity contribution in [3.8, 4) is 0 Å². The zero-order valence-corrected chi connectivity index (χ0v) is 19.2. The van der Waals surface area contributed by atoms with Crippen LogP contribution in [0.4, 0.5) is 11.1 Å². The van der Waals surface area contributed by atoms with Gasteiger partial charge in [0.1, 0.15) is 6.23 Å². The number of thiazole rings is 1. The first kappa shape index (κ1) is 21.6. The number of aryl methyl sites for hydroxylation is 1. The quantitative estimate of drug-likeness (QED) is 0.306. The van der Waals surface area contributed by atoms with Crippen LogP contribution < -0.4 is 10.6 Å². The van der Waals surface area contributed by atoms with Gasteiger partial charge in [-0.25, -0.2) is 9.97 Å². The molecule has 168 valence electrons. The fourth-order valence-electron chi connectivity index (χ4n) is 4.18. The molecule has 10 heteroatoms. The molecule has 4 N–H and O–H groups in total. The molecule has 0 amide bonds. The maximum Gasteiger partial charge on any atom is 0.209 e. The smallest absolute Gasteiger partial charge is 0.209 e. The molecule has 3 heterocycles. The molecule has 5 rings (SSSR count). The number of rotatable bonds is 7. The topological polar surface area (TPSA) is 98.5 Å². The van der Waals surface area contributed by atoms with E-state index in [0.29, 0.717) is 17.5 Å². The Morgan fingerprint density at radius 1 is 1.22 bits per heavy atom. The molecule has 1 saturated heterocycles. The Morgan fingerprint density at radius 3 is 2.94 bits per heavy atom. The van der Waals surface area contributed by atoms with Crippen LogP contribution in [0.15, 0.2) is 36.4 Å². The molecule has 0 saturated carbocycles. The molecule has 0 radical (unpaired) electrons. The van der Waals surface area contributed by atoms with Crippen molar-refractivity contribution in [2.75, 3.05) is 31.6 Å². The normalized spacial score (nSPS) is 18.1. The van der Waals surface area contributed by atoms with Crippen molar-refractivity contribution in [1.29, 1.82) is 0 Å². The van der Waals surface area contributed by atoms with Crippen molar-refractivity contribution in [2.45, 2.75) is 18.7 Å². The fourth-order valence-corrected chi connectivity index (χ4v) is 5.31. The highest BCUT2D eigenvalue weighted by atomic mass is 35.5. The number of anilines is 2. The number of aliphatic hydroxyl groups excluding tert-OH is 2. The summed E-state index contributed by atoms with van der Waals surface area (Å²) in [6.45, 7) is 2.58. The maximum atomic E-state index is 10.7. The average Bonchev–Trinajstić information content (AvgIpc) is 3.46. The lowest BCUT2D eigenvalue weighted by Crippen LogP contribution is -2.36. The molecule has 32 heavy (non-hydrogen) atoms. The number of likely N-dealkylation sites (tertiary alicyclic amines) is 1. The van der Waals surface area contributed by atoms with E-state index >= 15 is 0 Å². The van der Waals surface area contributed by atoms with Crippen LogP contribution in [0.1, 0.15) is 18.2 Å². The summed E-state index contributed by atoms with van der Waals surface area (Å²) in [5.41, 5.74) is 3.42. The van der Waals surface area contributed by atoms with Crippen molar-refractivity contribution in [1.82, 2.24) is 24.8 Å². The lowest BCUT2D eigenvalue weighted by molar-refractivity contribution is 0.122. The highest BCUT2D eigenvalue weighted by Gasteiger charge is 2.24. The van der Waals surface area contributed by atoms with Gasteiger partial charge >= 0.3 is 0 Å². The summed E-state index contributed by atoms with van der Waals surface area (Å²) in [6, 6.07) is 11.6. The first-order valence-electron chi connectivity index (χ1n) is 10.6. The first-order chi connectivity index (χ1) is 15.5. The molecular formula is C22H25ClN6O2S. The number of fused-ring (bicyclic) bond motifs is 2. The predicted octanol–water partition coefficient (Wildman–Crippen LogP) is 3.23. The Hall–Kier alpha value is -2.27. The van der Waals surface area contributed by atoms with Crippen molar-refractivity contribution in [3.05, 3.63) is 47.0 Å². The third-order valence-corrected chi connectivity index (χ3v) is 7.04. The summed E-state index contributed by atoms with van der Waals surface area (Å²) in [6.07, 6.45) is 0.176. The van der Waals surface area contributed by atoms with E-state index in [0.717, 1.165) is 51.5 Å². The number of imidazole rings is 1. The minimum absolute atomic E-state index is 0.159. The molecule has 2 aromatic carbocycles.